The lowest BCUT2D eigenvalue weighted by Gasteiger charge is -2.35. The van der Waals surface area contributed by atoms with Crippen molar-refractivity contribution in [1.82, 2.24) is 19.6 Å². The van der Waals surface area contributed by atoms with Crippen molar-refractivity contribution in [3.05, 3.63) is 71.3 Å². The summed E-state index contributed by atoms with van der Waals surface area (Å²) in [5.74, 6) is -7.42. The molecule has 1 fully saturated rings. The Morgan fingerprint density at radius 2 is 0.722 bits per heavy atom. The van der Waals surface area contributed by atoms with Gasteiger partial charge in [0, 0.05) is 41.0 Å². The fourth-order valence-corrected chi connectivity index (χ4v) is 8.57. The summed E-state index contributed by atoms with van der Waals surface area (Å²) in [5.41, 5.74) is 0.607. The van der Waals surface area contributed by atoms with Gasteiger partial charge in [0.15, 0.2) is 24.4 Å². The molecule has 2 aromatic rings. The highest BCUT2D eigenvalue weighted by Crippen LogP contribution is 2.25. The number of carbonyl (C=O) groups is 8. The highest BCUT2D eigenvalue weighted by Gasteiger charge is 2.43. The van der Waals surface area contributed by atoms with E-state index in [2.05, 4.69) is 0 Å². The minimum atomic E-state index is -1.56. The number of carbonyl (C=O) groups excluding carboxylic acids is 8. The molecule has 0 unspecified atom stereocenters. The Labute approximate surface area is 427 Å². The van der Waals surface area contributed by atoms with E-state index < -0.39 is 102 Å². The number of cyclic esters (lactones) is 4. The van der Waals surface area contributed by atoms with Crippen molar-refractivity contribution in [2.75, 3.05) is 28.2 Å². The number of likely N-dealkylation sites (N-methyl/N-ethyl adjacent to an activating group) is 4. The van der Waals surface area contributed by atoms with Crippen molar-refractivity contribution in [3.63, 3.8) is 0 Å². The van der Waals surface area contributed by atoms with Crippen molar-refractivity contribution >= 4 is 47.5 Å². The maximum Gasteiger partial charge on any atom is 0.329 e. The van der Waals surface area contributed by atoms with Crippen LogP contribution in [0.1, 0.15) is 125 Å². The Kier molecular flexibility index (Phi) is 22.5. The van der Waals surface area contributed by atoms with Gasteiger partial charge in [0.25, 0.3) is 23.6 Å². The molecule has 0 spiro atoms. The highest BCUT2D eigenvalue weighted by atomic mass is 16.6. The topological polar surface area (TPSA) is 207 Å². The van der Waals surface area contributed by atoms with E-state index in [0.717, 1.165) is 19.6 Å². The summed E-state index contributed by atoms with van der Waals surface area (Å²) in [4.78, 5) is 120. The van der Waals surface area contributed by atoms with Crippen molar-refractivity contribution < 1.29 is 62.4 Å². The number of rotatable bonds is 13. The first-order valence-corrected chi connectivity index (χ1v) is 25.2. The van der Waals surface area contributed by atoms with E-state index in [1.165, 1.54) is 42.0 Å². The van der Waals surface area contributed by atoms with E-state index >= 15 is 0 Å². The molecule has 0 radical (unpaired) electrons. The van der Waals surface area contributed by atoms with E-state index in [9.17, 15) is 43.5 Å². The minimum absolute atomic E-state index is 0.0776. The normalized spacial score (nSPS) is 24.7. The molecule has 8 atom stereocenters. The first-order chi connectivity index (χ1) is 33.4. The van der Waals surface area contributed by atoms with Gasteiger partial charge in [-0.15, -0.1) is 0 Å². The van der Waals surface area contributed by atoms with E-state index in [1.807, 2.05) is 55.4 Å². The second-order valence-corrected chi connectivity index (χ2v) is 21.5. The maximum absolute atomic E-state index is 14.8. The number of hydrogen-bond donors (Lipinski definition) is 1. The second kappa shape index (κ2) is 26.7. The summed E-state index contributed by atoms with van der Waals surface area (Å²) in [5, 5.41) is 10.6. The second-order valence-electron chi connectivity index (χ2n) is 21.5. The Morgan fingerprint density at radius 3 is 1.01 bits per heavy atom. The minimum Gasteiger partial charge on any atom is -0.451 e. The maximum atomic E-state index is 14.8. The zero-order chi connectivity index (χ0) is 54.5. The average molecular weight is 1010 g/mol. The molecule has 0 aromatic heterocycles. The molecular formula is C55H82N4O13. The van der Waals surface area contributed by atoms with Crippen LogP contribution in [0.15, 0.2) is 54.6 Å². The largest absolute Gasteiger partial charge is 0.451 e. The number of benzene rings is 2. The van der Waals surface area contributed by atoms with Crippen LogP contribution in [0.3, 0.4) is 0 Å². The molecule has 1 aliphatic rings. The first-order valence-electron chi connectivity index (χ1n) is 25.2. The zero-order valence-corrected chi connectivity index (χ0v) is 45.5. The van der Waals surface area contributed by atoms with Gasteiger partial charge in [-0.25, -0.2) is 19.2 Å². The number of hydrogen-bond acceptors (Lipinski definition) is 13. The number of nitrogens with zero attached hydrogens (tertiary/aromatic N) is 4. The smallest absolute Gasteiger partial charge is 0.329 e. The van der Waals surface area contributed by atoms with Crippen LogP contribution in [0.2, 0.25) is 0 Å². The zero-order valence-electron chi connectivity index (χ0n) is 45.5. The Hall–Kier alpha value is -5.84. The lowest BCUT2D eigenvalue weighted by Crippen LogP contribution is -2.55. The molecule has 4 amide bonds. The molecule has 3 rings (SSSR count). The highest BCUT2D eigenvalue weighted by molar-refractivity contribution is 5.94. The standard InChI is InChI=1S/C55H82N4O13/c1-32(2)26-41-51(64)69-37(10)48(61)57(14)44(29-35(7)8)54(67)72-46(31-39-22-24-40(25-23-39)55(11,12)68)50(63)59(16)42(27-33(3)4)52(65)70-36(9)47(60)56(13)43(28-34(5)6)53(66)71-45(49(62)58(41)15)30-38-20-18-17-19-21-38/h17-25,32-37,41-46,68H,26-31H2,1-16H3/t36-,37-,41+,42+,43+,44+,45-,46-/m1/s1. The van der Waals surface area contributed by atoms with Gasteiger partial charge in [0.2, 0.25) is 0 Å². The Balaban J connectivity index is 2.27. The summed E-state index contributed by atoms with van der Waals surface area (Å²) >= 11 is 0. The fraction of sp³-hybridized carbons (Fsp3) is 0.636. The van der Waals surface area contributed by atoms with Gasteiger partial charge in [-0.2, -0.15) is 0 Å². The quantitative estimate of drug-likeness (QED) is 0.184. The predicted octanol–water partition coefficient (Wildman–Crippen LogP) is 5.89. The van der Waals surface area contributed by atoms with Crippen molar-refractivity contribution in [3.8, 4) is 0 Å². The van der Waals surface area contributed by atoms with E-state index in [0.29, 0.717) is 16.7 Å². The number of aliphatic hydroxyl groups is 1. The molecule has 1 heterocycles. The molecule has 0 saturated carbocycles. The molecule has 0 aliphatic carbocycles. The number of ether oxygens (including phenoxy) is 4. The van der Waals surface area contributed by atoms with Gasteiger partial charge in [-0.1, -0.05) is 110 Å². The summed E-state index contributed by atoms with van der Waals surface area (Å²) in [6.45, 7) is 20.7. The monoisotopic (exact) mass is 1010 g/mol. The van der Waals surface area contributed by atoms with Crippen LogP contribution in [-0.4, -0.2) is 149 Å². The molecular weight excluding hydrogens is 925 g/mol. The van der Waals surface area contributed by atoms with Gasteiger partial charge >= 0.3 is 23.9 Å². The van der Waals surface area contributed by atoms with Gasteiger partial charge in [-0.05, 0) is 93.7 Å². The number of amides is 4. The lowest BCUT2D eigenvalue weighted by atomic mass is 9.95. The number of esters is 4. The molecule has 72 heavy (non-hydrogen) atoms. The third-order valence-electron chi connectivity index (χ3n) is 12.8. The third kappa shape index (κ3) is 17.2. The molecule has 17 heteroatoms. The summed E-state index contributed by atoms with van der Waals surface area (Å²) in [6, 6.07) is 10.5. The van der Waals surface area contributed by atoms with Gasteiger partial charge in [0.1, 0.15) is 24.2 Å². The van der Waals surface area contributed by atoms with Crippen LogP contribution < -0.4 is 0 Å². The van der Waals surface area contributed by atoms with Crippen LogP contribution in [0.5, 0.6) is 0 Å². The van der Waals surface area contributed by atoms with Gasteiger partial charge < -0.3 is 43.7 Å². The van der Waals surface area contributed by atoms with Crippen LogP contribution in [0, 0.1) is 23.7 Å². The van der Waals surface area contributed by atoms with Gasteiger partial charge in [-0.3, -0.25) is 19.2 Å². The van der Waals surface area contributed by atoms with Crippen LogP contribution >= 0.6 is 0 Å². The Bertz CT molecular complexity index is 2150. The van der Waals surface area contributed by atoms with E-state index in [4.69, 9.17) is 18.9 Å². The lowest BCUT2D eigenvalue weighted by molar-refractivity contribution is -0.176. The molecule has 1 N–H and O–H groups in total. The van der Waals surface area contributed by atoms with Crippen LogP contribution in [0.4, 0.5) is 0 Å². The van der Waals surface area contributed by atoms with E-state index in [-0.39, 0.29) is 62.2 Å². The molecule has 2 aromatic carbocycles. The van der Waals surface area contributed by atoms with Crippen molar-refractivity contribution in [1.29, 1.82) is 0 Å². The Morgan fingerprint density at radius 1 is 0.444 bits per heavy atom. The SMILES string of the molecule is CC(C)C[C@H]1C(=O)O[C@H](Cc2ccc(C(C)(C)O)cc2)C(=O)N(C)[C@@H](CC(C)C)C(=O)O[C@H](C)C(=O)N(C)[C@@H](CC(C)C)C(=O)O[C@H](Cc2ccccc2)C(=O)N(C)[C@@H](CC(C)C)C(=O)O[C@H](C)C(=O)N1C. The first kappa shape index (κ1) is 60.5. The summed E-state index contributed by atoms with van der Waals surface area (Å²) < 4.78 is 23.9. The predicted molar refractivity (Wildman–Crippen MR) is 270 cm³/mol. The molecule has 400 valence electrons. The summed E-state index contributed by atoms with van der Waals surface area (Å²) in [7, 11) is 5.51. The van der Waals surface area contributed by atoms with Crippen molar-refractivity contribution in [2.24, 2.45) is 23.7 Å². The molecule has 17 nitrogen and oxygen atoms in total. The average Bonchev–Trinajstić information content (AvgIpc) is 3.30. The molecule has 1 aliphatic heterocycles. The van der Waals surface area contributed by atoms with Gasteiger partial charge in [0.05, 0.1) is 5.60 Å². The fourth-order valence-electron chi connectivity index (χ4n) is 8.57. The van der Waals surface area contributed by atoms with E-state index in [1.54, 1.807) is 68.4 Å². The molecule has 0 bridgehead atoms. The van der Waals surface area contributed by atoms with Crippen molar-refractivity contribution in [2.45, 2.75) is 176 Å². The van der Waals surface area contributed by atoms with Crippen LogP contribution in [0.25, 0.3) is 0 Å². The van der Waals surface area contributed by atoms with Crippen LogP contribution in [-0.2, 0) is 75.7 Å². The summed E-state index contributed by atoms with van der Waals surface area (Å²) in [6.07, 6.45) is -5.91. The third-order valence-corrected chi connectivity index (χ3v) is 12.8. The molecule has 1 saturated heterocycles.